The second-order valence-corrected chi connectivity index (χ2v) is 16.6. The van der Waals surface area contributed by atoms with E-state index in [-0.39, 0.29) is 22.6 Å². The Labute approximate surface area is 378 Å². The number of anilines is 1. The van der Waals surface area contributed by atoms with Gasteiger partial charge >= 0.3 is 0 Å². The second-order valence-electron chi connectivity index (χ2n) is 16.6. The molecule has 0 aliphatic carbocycles. The monoisotopic (exact) mass is 865 g/mol. The first-order valence-electron chi connectivity index (χ1n) is 21.8. The summed E-state index contributed by atoms with van der Waals surface area (Å²) < 4.78 is 7.57. The first-order chi connectivity index (χ1) is 33.0. The van der Waals surface area contributed by atoms with Crippen molar-refractivity contribution in [3.05, 3.63) is 210 Å². The Morgan fingerprint density at radius 1 is 0.373 bits per heavy atom. The van der Waals surface area contributed by atoms with Crippen molar-refractivity contribution in [3.63, 3.8) is 0 Å². The summed E-state index contributed by atoms with van der Waals surface area (Å²) in [5.74, 6) is 0.0569. The van der Waals surface area contributed by atoms with Gasteiger partial charge in [-0.25, -0.2) is 24.8 Å². The van der Waals surface area contributed by atoms with E-state index in [1.54, 1.807) is 22.6 Å². The van der Waals surface area contributed by atoms with Gasteiger partial charge in [0.15, 0.2) is 11.6 Å². The largest absolute Gasteiger partial charge is 0.291 e. The zero-order valence-electron chi connectivity index (χ0n) is 35.1. The number of nitrogens with zero attached hydrogens (tertiary/aromatic N) is 9. The molecule has 5 aromatic heterocycles. The molecule has 12 nitrogen and oxygen atoms in total. The van der Waals surface area contributed by atoms with Crippen LogP contribution in [-0.2, 0) is 0 Å². The van der Waals surface area contributed by atoms with Crippen molar-refractivity contribution in [2.45, 2.75) is 0 Å². The molecule has 0 bridgehead atoms. The molecule has 0 radical (unpaired) electrons. The maximum Gasteiger partial charge on any atom is 0.268 e. The lowest BCUT2D eigenvalue weighted by molar-refractivity contribution is 0.0891. The van der Waals surface area contributed by atoms with Gasteiger partial charge in [-0.3, -0.25) is 32.5 Å². The lowest BCUT2D eigenvalue weighted by Gasteiger charge is -2.27. The Hall–Kier alpha value is -9.55. The van der Waals surface area contributed by atoms with Gasteiger partial charge < -0.3 is 0 Å². The molecule has 2 amide bonds. The zero-order valence-corrected chi connectivity index (χ0v) is 35.1. The van der Waals surface area contributed by atoms with E-state index < -0.39 is 11.8 Å². The minimum absolute atomic E-state index is 0.171. The minimum Gasteiger partial charge on any atom is -0.291 e. The number of fused-ring (bicyclic) bond motifs is 5. The van der Waals surface area contributed by atoms with Crippen LogP contribution in [0.3, 0.4) is 0 Å². The number of aromatic nitrogens is 8. The summed E-state index contributed by atoms with van der Waals surface area (Å²) in [4.78, 5) is 67.7. The third-order valence-electron chi connectivity index (χ3n) is 12.9. The normalized spacial score (nSPS) is 12.9. The summed E-state index contributed by atoms with van der Waals surface area (Å²) >= 11 is 0. The molecule has 0 unspecified atom stereocenters. The lowest BCUT2D eigenvalue weighted by Crippen LogP contribution is -2.42. The fourth-order valence-electron chi connectivity index (χ4n) is 10.1. The van der Waals surface area contributed by atoms with Crippen LogP contribution in [0.15, 0.2) is 193 Å². The van der Waals surface area contributed by atoms with Crippen LogP contribution in [-0.4, -0.2) is 49.9 Å². The molecule has 14 rings (SSSR count). The SMILES string of the molecule is O=C1c2ccc3c(=O)n4c(-c5nc6ccccc6n5-c5ccccc5)c(-c5nc6ccccc6n5-c5ccccc5)nc4c4ccc(c2c34)C(=O)N1c1nc2ccccc2n1-c1ccccc1. The first-order valence-corrected chi connectivity index (χ1v) is 21.8. The van der Waals surface area contributed by atoms with E-state index in [1.807, 2.05) is 174 Å². The van der Waals surface area contributed by atoms with Crippen molar-refractivity contribution in [1.82, 2.24) is 38.0 Å². The van der Waals surface area contributed by atoms with E-state index in [2.05, 4.69) is 9.13 Å². The molecule has 0 saturated heterocycles. The number of hydrogen-bond acceptors (Lipinski definition) is 7. The third-order valence-corrected chi connectivity index (χ3v) is 12.9. The molecule has 13 aromatic rings. The van der Waals surface area contributed by atoms with Crippen molar-refractivity contribution < 1.29 is 9.59 Å². The van der Waals surface area contributed by atoms with Crippen LogP contribution in [0.5, 0.6) is 0 Å². The molecule has 1 aliphatic heterocycles. The first kappa shape index (κ1) is 36.9. The summed E-state index contributed by atoms with van der Waals surface area (Å²) in [6.07, 6.45) is 0. The molecular weight excluding hydrogens is 835 g/mol. The highest BCUT2D eigenvalue weighted by Gasteiger charge is 2.39. The van der Waals surface area contributed by atoms with Crippen LogP contribution >= 0.6 is 0 Å². The molecule has 0 spiro atoms. The standard InChI is InChI=1S/C55H31N9O3/c65-52-36-30-31-38-46-37(53(66)64(54(38)67)55-58-41-24-12-15-27-44(41)62(55)34-20-8-3-9-21-34)29-28-35(45(36)46)49-59-47(50-56-39-22-10-13-25-42(39)60(50)32-16-4-1-5-17-32)48(63(49)52)51-57-40-23-11-14-26-43(40)61(51)33-18-6-2-7-19-33/h1-31H. The predicted molar refractivity (Wildman–Crippen MR) is 260 cm³/mol. The van der Waals surface area contributed by atoms with E-state index in [0.29, 0.717) is 55.7 Å². The maximum atomic E-state index is 15.7. The predicted octanol–water partition coefficient (Wildman–Crippen LogP) is 10.6. The summed E-state index contributed by atoms with van der Waals surface area (Å²) in [6, 6.07) is 59.6. The number of para-hydroxylation sites is 9. The molecule has 0 saturated carbocycles. The highest BCUT2D eigenvalue weighted by Crippen LogP contribution is 2.43. The number of pyridine rings is 1. The average molecular weight is 866 g/mol. The van der Waals surface area contributed by atoms with Crippen molar-refractivity contribution in [2.24, 2.45) is 0 Å². The van der Waals surface area contributed by atoms with Crippen LogP contribution in [0.1, 0.15) is 20.7 Å². The quantitative estimate of drug-likeness (QED) is 0.152. The zero-order chi connectivity index (χ0) is 44.5. The minimum atomic E-state index is -0.551. The molecule has 12 heteroatoms. The molecular formula is C55H31N9O3. The van der Waals surface area contributed by atoms with Crippen molar-refractivity contribution >= 4 is 78.1 Å². The van der Waals surface area contributed by atoms with Gasteiger partial charge in [-0.2, -0.15) is 0 Å². The molecule has 314 valence electrons. The Balaban J connectivity index is 1.08. The van der Waals surface area contributed by atoms with Crippen LogP contribution in [0.2, 0.25) is 0 Å². The van der Waals surface area contributed by atoms with Gasteiger partial charge in [0.2, 0.25) is 5.95 Å². The number of carbonyl (C=O) groups is 2. The fraction of sp³-hybridized carbons (Fsp3) is 0. The lowest BCUT2D eigenvalue weighted by atomic mass is 9.90. The molecule has 0 atom stereocenters. The number of imidazole rings is 4. The Morgan fingerprint density at radius 3 is 1.39 bits per heavy atom. The van der Waals surface area contributed by atoms with E-state index in [9.17, 15) is 9.59 Å². The summed E-state index contributed by atoms with van der Waals surface area (Å²) in [5, 5.41) is 1.76. The number of benzene rings is 8. The van der Waals surface area contributed by atoms with Crippen molar-refractivity contribution in [2.75, 3.05) is 4.90 Å². The molecule has 1 aliphatic rings. The van der Waals surface area contributed by atoms with Gasteiger partial charge in [0.05, 0.1) is 33.1 Å². The number of imide groups is 1. The Bertz CT molecular complexity index is 4260. The van der Waals surface area contributed by atoms with Gasteiger partial charge in [-0.1, -0.05) is 91.0 Å². The molecule has 8 aromatic carbocycles. The van der Waals surface area contributed by atoms with E-state index in [1.165, 1.54) is 0 Å². The van der Waals surface area contributed by atoms with Crippen LogP contribution in [0, 0.1) is 0 Å². The Morgan fingerprint density at radius 2 is 0.821 bits per heavy atom. The average Bonchev–Trinajstić information content (AvgIpc) is 4.16. The number of carbonyl (C=O) groups excluding carboxylic acids is 2. The van der Waals surface area contributed by atoms with Crippen LogP contribution < -0.4 is 10.5 Å². The molecule has 6 heterocycles. The number of rotatable bonds is 6. The highest BCUT2D eigenvalue weighted by atomic mass is 16.2. The maximum absolute atomic E-state index is 15.7. The summed E-state index contributed by atoms with van der Waals surface area (Å²) in [6.45, 7) is 0. The smallest absolute Gasteiger partial charge is 0.268 e. The van der Waals surface area contributed by atoms with Crippen LogP contribution in [0.4, 0.5) is 5.95 Å². The second kappa shape index (κ2) is 13.7. The van der Waals surface area contributed by atoms with Gasteiger partial charge in [-0.05, 0) is 97.1 Å². The number of amides is 2. The third kappa shape index (κ3) is 5.08. The van der Waals surface area contributed by atoms with E-state index >= 15 is 4.79 Å². The van der Waals surface area contributed by atoms with Crippen LogP contribution in [0.25, 0.3) is 100 Å². The van der Waals surface area contributed by atoms with Gasteiger partial charge in [0.1, 0.15) is 17.0 Å². The topological polar surface area (TPSA) is 125 Å². The highest BCUT2D eigenvalue weighted by molar-refractivity contribution is 6.38. The Kier molecular flexibility index (Phi) is 7.56. The van der Waals surface area contributed by atoms with Crippen molar-refractivity contribution in [1.29, 1.82) is 0 Å². The molecule has 0 fully saturated rings. The van der Waals surface area contributed by atoms with Gasteiger partial charge in [0, 0.05) is 49.7 Å². The van der Waals surface area contributed by atoms with Crippen molar-refractivity contribution in [3.8, 4) is 40.1 Å². The summed E-state index contributed by atoms with van der Waals surface area (Å²) in [5.41, 5.74) is 8.31. The number of hydrogen-bond donors (Lipinski definition) is 0. The fourth-order valence-corrected chi connectivity index (χ4v) is 10.1. The summed E-state index contributed by atoms with van der Waals surface area (Å²) in [7, 11) is 0. The van der Waals surface area contributed by atoms with E-state index in [4.69, 9.17) is 19.9 Å². The van der Waals surface area contributed by atoms with Gasteiger partial charge in [-0.15, -0.1) is 0 Å². The van der Waals surface area contributed by atoms with Gasteiger partial charge in [0.25, 0.3) is 17.4 Å². The van der Waals surface area contributed by atoms with E-state index in [0.717, 1.165) is 49.5 Å². The molecule has 0 N–H and O–H groups in total. The molecule has 67 heavy (non-hydrogen) atoms.